The molecule has 0 bridgehead atoms. The van der Waals surface area contributed by atoms with Crippen LogP contribution in [0.1, 0.15) is 6.42 Å². The Balaban J connectivity index is 1.31. The lowest BCUT2D eigenvalue weighted by Crippen LogP contribution is -2.42. The smallest absolute Gasteiger partial charge is 0.202 e. The molecule has 5 rings (SSSR count). The minimum absolute atomic E-state index is 0.117. The molecule has 3 unspecified atom stereocenters. The molecule has 8 heteroatoms. The second-order valence-corrected chi connectivity index (χ2v) is 8.73. The number of benzene rings is 2. The molecule has 4 aromatic rings. The molecule has 170 valence electrons. The highest BCUT2D eigenvalue weighted by Crippen LogP contribution is 2.31. The molecule has 1 saturated heterocycles. The number of aliphatic hydroxyl groups excluding tert-OH is 2. The number of anilines is 1. The van der Waals surface area contributed by atoms with E-state index in [9.17, 15) is 10.2 Å². The van der Waals surface area contributed by atoms with Crippen molar-refractivity contribution in [3.8, 4) is 22.4 Å². The monoisotopic (exact) mass is 464 g/mol. The summed E-state index contributed by atoms with van der Waals surface area (Å²) in [6.45, 7) is 0.883. The summed E-state index contributed by atoms with van der Waals surface area (Å²) < 4.78 is 5.52. The molecule has 0 aliphatic carbocycles. The van der Waals surface area contributed by atoms with E-state index in [2.05, 4.69) is 44.5 Å². The number of nitrogens with zero attached hydrogens (tertiary/aromatic N) is 2. The average Bonchev–Trinajstić information content (AvgIpc) is 3.24. The van der Waals surface area contributed by atoms with E-state index in [-0.39, 0.29) is 12.5 Å². The van der Waals surface area contributed by atoms with E-state index in [4.69, 9.17) is 16.3 Å². The van der Waals surface area contributed by atoms with Crippen molar-refractivity contribution in [1.82, 2.24) is 15.0 Å². The minimum Gasteiger partial charge on any atom is -0.394 e. The van der Waals surface area contributed by atoms with E-state index in [0.29, 0.717) is 41.9 Å². The zero-order valence-electron chi connectivity index (χ0n) is 17.9. The predicted octanol–water partition coefficient (Wildman–Crippen LogP) is 4.12. The van der Waals surface area contributed by atoms with Crippen LogP contribution in [0.15, 0.2) is 60.7 Å². The number of H-pyrrole nitrogens is 1. The number of hydrogen-bond donors (Lipinski definition) is 4. The number of aromatic amines is 1. The van der Waals surface area contributed by atoms with Gasteiger partial charge >= 0.3 is 0 Å². The lowest BCUT2D eigenvalue weighted by atomic mass is 9.96. The topological polar surface area (TPSA) is 103 Å². The highest BCUT2D eigenvalue weighted by Gasteiger charge is 2.29. The van der Waals surface area contributed by atoms with Crippen LogP contribution >= 0.6 is 11.6 Å². The molecular weight excluding hydrogens is 440 g/mol. The number of nitrogens with one attached hydrogen (secondary N) is 2. The molecule has 33 heavy (non-hydrogen) atoms. The van der Waals surface area contributed by atoms with Gasteiger partial charge in [-0.3, -0.25) is 0 Å². The number of hydrogen-bond acceptors (Lipinski definition) is 6. The molecule has 2 aromatic heterocycles. The van der Waals surface area contributed by atoms with Gasteiger partial charge in [-0.1, -0.05) is 66.2 Å². The summed E-state index contributed by atoms with van der Waals surface area (Å²) in [6, 6.07) is 20.2. The molecule has 3 heterocycles. The maximum Gasteiger partial charge on any atom is 0.202 e. The molecule has 1 aliphatic heterocycles. The first-order valence-corrected chi connectivity index (χ1v) is 11.3. The summed E-state index contributed by atoms with van der Waals surface area (Å²) in [5, 5.41) is 23.0. The fourth-order valence-electron chi connectivity index (χ4n) is 4.14. The molecule has 0 amide bonds. The Labute approximate surface area is 196 Å². The van der Waals surface area contributed by atoms with Gasteiger partial charge in [0.1, 0.15) is 6.10 Å². The maximum absolute atomic E-state index is 10.0. The number of rotatable bonds is 6. The summed E-state index contributed by atoms with van der Waals surface area (Å²) in [5.41, 5.74) is 5.21. The zero-order valence-corrected chi connectivity index (χ0v) is 18.7. The van der Waals surface area contributed by atoms with Crippen molar-refractivity contribution < 1.29 is 14.9 Å². The number of pyridine rings is 1. The second-order valence-electron chi connectivity index (χ2n) is 8.32. The first-order chi connectivity index (χ1) is 16.1. The van der Waals surface area contributed by atoms with E-state index in [1.807, 2.05) is 36.4 Å². The molecule has 4 N–H and O–H groups in total. The highest BCUT2D eigenvalue weighted by atomic mass is 35.5. The number of aliphatic hydroxyl groups is 2. The summed E-state index contributed by atoms with van der Waals surface area (Å²) in [6.07, 6.45) is -0.604. The van der Waals surface area contributed by atoms with Crippen molar-refractivity contribution in [3.05, 3.63) is 65.7 Å². The third-order valence-corrected chi connectivity index (χ3v) is 6.27. The van der Waals surface area contributed by atoms with Crippen LogP contribution in [-0.2, 0) is 4.74 Å². The summed E-state index contributed by atoms with van der Waals surface area (Å²) in [7, 11) is 0. The van der Waals surface area contributed by atoms with Crippen LogP contribution in [-0.4, -0.2) is 57.1 Å². The molecule has 0 saturated carbocycles. The molecule has 0 spiro atoms. The van der Waals surface area contributed by atoms with Crippen molar-refractivity contribution in [2.45, 2.75) is 18.6 Å². The van der Waals surface area contributed by atoms with Gasteiger partial charge in [0.25, 0.3) is 0 Å². The fourth-order valence-corrected chi connectivity index (χ4v) is 4.41. The van der Waals surface area contributed by atoms with Crippen LogP contribution < -0.4 is 5.32 Å². The molecule has 1 aliphatic rings. The van der Waals surface area contributed by atoms with Crippen LogP contribution in [0, 0.1) is 5.92 Å². The van der Waals surface area contributed by atoms with E-state index < -0.39 is 12.2 Å². The molecule has 7 nitrogen and oxygen atoms in total. The van der Waals surface area contributed by atoms with Crippen LogP contribution in [0.25, 0.3) is 33.5 Å². The van der Waals surface area contributed by atoms with Crippen molar-refractivity contribution in [2.24, 2.45) is 5.92 Å². The van der Waals surface area contributed by atoms with Gasteiger partial charge in [0.15, 0.2) is 5.65 Å². The Morgan fingerprint density at radius 3 is 2.48 bits per heavy atom. The van der Waals surface area contributed by atoms with Gasteiger partial charge < -0.3 is 25.3 Å². The van der Waals surface area contributed by atoms with Gasteiger partial charge in [-0.05, 0) is 23.6 Å². The van der Waals surface area contributed by atoms with E-state index in [0.717, 1.165) is 22.2 Å². The quantitative estimate of drug-likeness (QED) is 0.342. The number of fused-ring (bicyclic) bond motifs is 1. The van der Waals surface area contributed by atoms with Crippen LogP contribution in [0.5, 0.6) is 0 Å². The third kappa shape index (κ3) is 4.72. The Morgan fingerprint density at radius 1 is 1.03 bits per heavy atom. The second kappa shape index (κ2) is 9.49. The van der Waals surface area contributed by atoms with E-state index in [1.165, 1.54) is 0 Å². The number of imidazole rings is 1. The zero-order chi connectivity index (χ0) is 22.8. The van der Waals surface area contributed by atoms with Crippen LogP contribution in [0.4, 0.5) is 5.95 Å². The number of halogens is 1. The molecule has 1 fully saturated rings. The number of aromatic nitrogens is 3. The standard InChI is InChI=1S/C25H25ClN4O3/c26-19-11-20-24(30-25(28-20)27-12-15-10-21(32)22(13-31)33-14-15)29-23(19)18-8-6-17(7-9-18)16-4-2-1-3-5-16/h1-9,11,15,21-22,31-32H,10,12-14H2,(H2,27,28,29,30). The predicted molar refractivity (Wildman–Crippen MR) is 129 cm³/mol. The Morgan fingerprint density at radius 2 is 1.76 bits per heavy atom. The molecule has 0 radical (unpaired) electrons. The van der Waals surface area contributed by atoms with Crippen molar-refractivity contribution in [3.63, 3.8) is 0 Å². The van der Waals surface area contributed by atoms with Gasteiger partial charge in [-0.25, -0.2) is 4.98 Å². The highest BCUT2D eigenvalue weighted by molar-refractivity contribution is 6.33. The Hall–Kier alpha value is -2.97. The average molecular weight is 465 g/mol. The van der Waals surface area contributed by atoms with Crippen molar-refractivity contribution in [1.29, 1.82) is 0 Å². The van der Waals surface area contributed by atoms with E-state index in [1.54, 1.807) is 0 Å². The largest absolute Gasteiger partial charge is 0.394 e. The maximum atomic E-state index is 10.0. The van der Waals surface area contributed by atoms with Gasteiger partial charge in [-0.2, -0.15) is 4.98 Å². The minimum atomic E-state index is -0.664. The van der Waals surface area contributed by atoms with Gasteiger partial charge in [0.05, 0.1) is 35.6 Å². The first kappa shape index (κ1) is 21.9. The van der Waals surface area contributed by atoms with Crippen LogP contribution in [0.3, 0.4) is 0 Å². The normalized spacial score (nSPS) is 20.8. The molecule has 3 atom stereocenters. The first-order valence-electron chi connectivity index (χ1n) is 11.0. The van der Waals surface area contributed by atoms with Gasteiger partial charge in [0.2, 0.25) is 5.95 Å². The summed E-state index contributed by atoms with van der Waals surface area (Å²) in [5.74, 6) is 0.704. The Bertz CT molecular complexity index is 1230. The van der Waals surface area contributed by atoms with Gasteiger partial charge in [-0.15, -0.1) is 0 Å². The summed E-state index contributed by atoms with van der Waals surface area (Å²) in [4.78, 5) is 12.5. The Kier molecular flexibility index (Phi) is 6.28. The van der Waals surface area contributed by atoms with Crippen molar-refractivity contribution in [2.75, 3.05) is 25.1 Å². The summed E-state index contributed by atoms with van der Waals surface area (Å²) >= 11 is 6.55. The lowest BCUT2D eigenvalue weighted by molar-refractivity contribution is -0.113. The third-order valence-electron chi connectivity index (χ3n) is 5.98. The van der Waals surface area contributed by atoms with E-state index >= 15 is 0 Å². The SMILES string of the molecule is OCC1OCC(CNc2nc3nc(-c4ccc(-c5ccccc5)cc4)c(Cl)cc3[nH]2)CC1O. The van der Waals surface area contributed by atoms with Gasteiger partial charge in [0, 0.05) is 18.0 Å². The fraction of sp³-hybridized carbons (Fsp3) is 0.280. The molecule has 2 aromatic carbocycles. The lowest BCUT2D eigenvalue weighted by Gasteiger charge is -2.32. The van der Waals surface area contributed by atoms with Crippen molar-refractivity contribution >= 4 is 28.7 Å². The number of ether oxygens (including phenoxy) is 1. The molecular formula is C25H25ClN4O3. The van der Waals surface area contributed by atoms with Crippen LogP contribution in [0.2, 0.25) is 5.02 Å².